The quantitative estimate of drug-likeness (QED) is 0.774. The minimum absolute atomic E-state index is 0.426. The second kappa shape index (κ2) is 3.71. The number of H-pyrrole nitrogens is 1. The second-order valence-corrected chi connectivity index (χ2v) is 4.63. The number of pyridine rings is 1. The fourth-order valence-electron chi connectivity index (χ4n) is 2.47. The maximum absolute atomic E-state index is 6.02. The van der Waals surface area contributed by atoms with Gasteiger partial charge in [-0.3, -0.25) is 4.90 Å². The minimum Gasteiger partial charge on any atom is -0.342 e. The van der Waals surface area contributed by atoms with E-state index < -0.39 is 0 Å². The fraction of sp³-hybridized carbons (Fsp3) is 0.455. The minimum atomic E-state index is 0.426. The molecule has 1 aliphatic rings. The van der Waals surface area contributed by atoms with E-state index in [0.29, 0.717) is 11.2 Å². The van der Waals surface area contributed by atoms with Crippen molar-refractivity contribution in [1.29, 1.82) is 0 Å². The molecular formula is C11H13ClN4. The second-order valence-electron chi connectivity index (χ2n) is 4.27. The third-order valence-electron chi connectivity index (χ3n) is 3.32. The molecular weight excluding hydrogens is 224 g/mol. The lowest BCUT2D eigenvalue weighted by Crippen LogP contribution is -2.18. The summed E-state index contributed by atoms with van der Waals surface area (Å²) in [6.45, 7) is 1.14. The molecule has 0 amide bonds. The third-order valence-corrected chi connectivity index (χ3v) is 3.60. The Morgan fingerprint density at radius 3 is 3.12 bits per heavy atom. The van der Waals surface area contributed by atoms with Crippen LogP contribution in [0.4, 0.5) is 0 Å². The van der Waals surface area contributed by atoms with Gasteiger partial charge in [0.25, 0.3) is 0 Å². The van der Waals surface area contributed by atoms with Crippen LogP contribution < -0.4 is 0 Å². The number of imidazole rings is 1. The van der Waals surface area contributed by atoms with Crippen LogP contribution in [-0.4, -0.2) is 33.4 Å². The van der Waals surface area contributed by atoms with Gasteiger partial charge in [-0.25, -0.2) is 9.97 Å². The Morgan fingerprint density at radius 2 is 2.38 bits per heavy atom. The number of aromatic amines is 1. The van der Waals surface area contributed by atoms with Crippen LogP contribution in [0.3, 0.4) is 0 Å². The number of fused-ring (bicyclic) bond motifs is 1. The Labute approximate surface area is 98.6 Å². The molecule has 1 atom stereocenters. The van der Waals surface area contributed by atoms with Gasteiger partial charge < -0.3 is 4.98 Å². The molecule has 0 spiro atoms. The SMILES string of the molecule is CN1CCC[C@H]1c1cnc(Cl)c2[nH]cnc12. The largest absolute Gasteiger partial charge is 0.342 e. The maximum Gasteiger partial charge on any atom is 0.154 e. The Morgan fingerprint density at radius 1 is 1.50 bits per heavy atom. The predicted molar refractivity (Wildman–Crippen MR) is 63.5 cm³/mol. The molecule has 0 aromatic carbocycles. The molecule has 0 aliphatic carbocycles. The predicted octanol–water partition coefficient (Wildman–Crippen LogP) is 2.38. The third kappa shape index (κ3) is 1.41. The van der Waals surface area contributed by atoms with Crippen molar-refractivity contribution in [2.24, 2.45) is 0 Å². The molecule has 16 heavy (non-hydrogen) atoms. The van der Waals surface area contributed by atoms with Crippen LogP contribution in [0.15, 0.2) is 12.5 Å². The lowest BCUT2D eigenvalue weighted by atomic mass is 10.1. The number of rotatable bonds is 1. The van der Waals surface area contributed by atoms with Crippen molar-refractivity contribution in [1.82, 2.24) is 19.9 Å². The Hall–Kier alpha value is -1.13. The molecule has 5 heteroatoms. The summed E-state index contributed by atoms with van der Waals surface area (Å²) in [4.78, 5) is 14.0. The molecule has 0 unspecified atom stereocenters. The molecule has 0 saturated carbocycles. The summed E-state index contributed by atoms with van der Waals surface area (Å²) in [5.41, 5.74) is 2.99. The zero-order valence-electron chi connectivity index (χ0n) is 9.07. The highest BCUT2D eigenvalue weighted by Crippen LogP contribution is 2.34. The van der Waals surface area contributed by atoms with E-state index >= 15 is 0 Å². The summed E-state index contributed by atoms with van der Waals surface area (Å²) >= 11 is 6.02. The Kier molecular flexibility index (Phi) is 2.33. The van der Waals surface area contributed by atoms with Crippen molar-refractivity contribution in [2.45, 2.75) is 18.9 Å². The van der Waals surface area contributed by atoms with Crippen LogP contribution in [0.25, 0.3) is 11.0 Å². The van der Waals surface area contributed by atoms with Crippen molar-refractivity contribution in [3.8, 4) is 0 Å². The first-order valence-electron chi connectivity index (χ1n) is 5.45. The van der Waals surface area contributed by atoms with E-state index in [1.807, 2.05) is 6.20 Å². The molecule has 1 fully saturated rings. The molecule has 3 rings (SSSR count). The first kappa shape index (κ1) is 10.1. The van der Waals surface area contributed by atoms with Gasteiger partial charge >= 0.3 is 0 Å². The molecule has 3 heterocycles. The van der Waals surface area contributed by atoms with E-state index in [1.54, 1.807) is 6.33 Å². The highest BCUT2D eigenvalue weighted by molar-refractivity contribution is 6.33. The van der Waals surface area contributed by atoms with Gasteiger partial charge in [-0.15, -0.1) is 0 Å². The van der Waals surface area contributed by atoms with E-state index in [-0.39, 0.29) is 0 Å². The van der Waals surface area contributed by atoms with Gasteiger partial charge in [-0.2, -0.15) is 0 Å². The summed E-state index contributed by atoms with van der Waals surface area (Å²) in [5, 5.41) is 0.497. The highest BCUT2D eigenvalue weighted by atomic mass is 35.5. The average Bonchev–Trinajstić information content (AvgIpc) is 2.88. The lowest BCUT2D eigenvalue weighted by Gasteiger charge is -2.19. The standard InChI is InChI=1S/C11H13ClN4/c1-16-4-2-3-8(16)7-5-13-11(12)10-9(7)14-6-15-10/h5-6,8H,2-4H2,1H3,(H,14,15)/t8-/m0/s1. The topological polar surface area (TPSA) is 44.8 Å². The molecule has 0 radical (unpaired) electrons. The zero-order chi connectivity index (χ0) is 11.1. The number of nitrogens with one attached hydrogen (secondary N) is 1. The van der Waals surface area contributed by atoms with Gasteiger partial charge in [-0.05, 0) is 26.4 Å². The van der Waals surface area contributed by atoms with Gasteiger partial charge in [0.2, 0.25) is 0 Å². The molecule has 1 saturated heterocycles. The Balaban J connectivity index is 2.16. The van der Waals surface area contributed by atoms with E-state index in [4.69, 9.17) is 11.6 Å². The van der Waals surface area contributed by atoms with Gasteiger partial charge in [0.15, 0.2) is 5.15 Å². The fourth-order valence-corrected chi connectivity index (χ4v) is 2.66. The first-order chi connectivity index (χ1) is 7.77. The molecule has 4 nitrogen and oxygen atoms in total. The average molecular weight is 237 g/mol. The number of likely N-dealkylation sites (tertiary alicyclic amines) is 1. The summed E-state index contributed by atoms with van der Waals surface area (Å²) in [6.07, 6.45) is 5.94. The molecule has 1 aliphatic heterocycles. The van der Waals surface area contributed by atoms with E-state index in [9.17, 15) is 0 Å². The summed E-state index contributed by atoms with van der Waals surface area (Å²) in [7, 11) is 2.14. The normalized spacial score (nSPS) is 22.0. The van der Waals surface area contributed by atoms with Crippen LogP contribution in [-0.2, 0) is 0 Å². The number of nitrogens with zero attached hydrogens (tertiary/aromatic N) is 3. The van der Waals surface area contributed by atoms with Crippen LogP contribution in [0.1, 0.15) is 24.4 Å². The molecule has 2 aromatic heterocycles. The van der Waals surface area contributed by atoms with Crippen molar-refractivity contribution in [3.63, 3.8) is 0 Å². The van der Waals surface area contributed by atoms with Gasteiger partial charge in [0.05, 0.1) is 11.8 Å². The lowest BCUT2D eigenvalue weighted by molar-refractivity contribution is 0.318. The molecule has 1 N–H and O–H groups in total. The number of aromatic nitrogens is 3. The zero-order valence-corrected chi connectivity index (χ0v) is 9.83. The van der Waals surface area contributed by atoms with Crippen LogP contribution >= 0.6 is 11.6 Å². The Bertz CT molecular complexity index is 522. The monoisotopic (exact) mass is 236 g/mol. The van der Waals surface area contributed by atoms with E-state index in [1.165, 1.54) is 18.4 Å². The van der Waals surface area contributed by atoms with Crippen molar-refractivity contribution in [2.75, 3.05) is 13.6 Å². The first-order valence-corrected chi connectivity index (χ1v) is 5.83. The number of halogens is 1. The van der Waals surface area contributed by atoms with Crippen molar-refractivity contribution in [3.05, 3.63) is 23.2 Å². The maximum atomic E-state index is 6.02. The van der Waals surface area contributed by atoms with E-state index in [0.717, 1.165) is 17.6 Å². The van der Waals surface area contributed by atoms with E-state index in [2.05, 4.69) is 26.9 Å². The van der Waals surface area contributed by atoms with Crippen LogP contribution in [0.2, 0.25) is 5.15 Å². The highest BCUT2D eigenvalue weighted by Gasteiger charge is 2.25. The van der Waals surface area contributed by atoms with Gasteiger partial charge in [-0.1, -0.05) is 11.6 Å². The van der Waals surface area contributed by atoms with Crippen molar-refractivity contribution < 1.29 is 0 Å². The molecule has 2 aromatic rings. The number of hydrogen-bond donors (Lipinski definition) is 1. The van der Waals surface area contributed by atoms with Gasteiger partial charge in [0.1, 0.15) is 5.52 Å². The van der Waals surface area contributed by atoms with Crippen molar-refractivity contribution >= 4 is 22.6 Å². The summed E-state index contributed by atoms with van der Waals surface area (Å²) in [6, 6.07) is 0.426. The summed E-state index contributed by atoms with van der Waals surface area (Å²) < 4.78 is 0. The van der Waals surface area contributed by atoms with Crippen LogP contribution in [0, 0.1) is 0 Å². The molecule has 84 valence electrons. The van der Waals surface area contributed by atoms with Gasteiger partial charge in [0, 0.05) is 17.8 Å². The van der Waals surface area contributed by atoms with Crippen LogP contribution in [0.5, 0.6) is 0 Å². The summed E-state index contributed by atoms with van der Waals surface area (Å²) in [5.74, 6) is 0. The smallest absolute Gasteiger partial charge is 0.154 e. The number of hydrogen-bond acceptors (Lipinski definition) is 3. The molecule has 0 bridgehead atoms.